The number of aryl methyl sites for hydroxylation is 2. The van der Waals surface area contributed by atoms with Gasteiger partial charge in [0.05, 0.1) is 6.04 Å². The highest BCUT2D eigenvalue weighted by atomic mass is 35.5. The van der Waals surface area contributed by atoms with Crippen LogP contribution in [-0.2, 0) is 17.8 Å². The van der Waals surface area contributed by atoms with E-state index in [0.29, 0.717) is 0 Å². The summed E-state index contributed by atoms with van der Waals surface area (Å²) in [5.41, 5.74) is 1.08. The van der Waals surface area contributed by atoms with Crippen molar-refractivity contribution in [2.75, 3.05) is 6.54 Å². The van der Waals surface area contributed by atoms with Crippen molar-refractivity contribution >= 4 is 29.7 Å². The van der Waals surface area contributed by atoms with E-state index in [1.54, 1.807) is 18.3 Å². The van der Waals surface area contributed by atoms with Crippen molar-refractivity contribution in [1.82, 2.24) is 20.2 Å². The maximum Gasteiger partial charge on any atom is 0.220 e. The number of nitrogens with zero attached hydrogens (tertiary/aromatic N) is 3. The van der Waals surface area contributed by atoms with Crippen LogP contribution < -0.4 is 5.32 Å². The average molecular weight is 395 g/mol. The summed E-state index contributed by atoms with van der Waals surface area (Å²) in [6.07, 6.45) is 6.75. The normalized spacial score (nSPS) is 19.9. The third-order valence-corrected chi connectivity index (χ3v) is 5.80. The molecule has 1 N–H and O–H groups in total. The molecule has 0 unspecified atom stereocenters. The van der Waals surface area contributed by atoms with E-state index in [4.69, 9.17) is 0 Å². The highest BCUT2D eigenvalue weighted by Crippen LogP contribution is 2.35. The van der Waals surface area contributed by atoms with Crippen molar-refractivity contribution in [3.8, 4) is 0 Å². The van der Waals surface area contributed by atoms with E-state index in [2.05, 4.69) is 41.3 Å². The molecule has 0 saturated carbocycles. The van der Waals surface area contributed by atoms with Crippen LogP contribution in [0.15, 0.2) is 24.5 Å². The predicted molar refractivity (Wildman–Crippen MR) is 108 cm³/mol. The minimum Gasteiger partial charge on any atom is -0.334 e. The molecule has 2 aromatic heterocycles. The summed E-state index contributed by atoms with van der Waals surface area (Å²) in [7, 11) is 0. The van der Waals surface area contributed by atoms with Crippen molar-refractivity contribution < 1.29 is 4.79 Å². The number of carbonyl (C=O) groups is 1. The van der Waals surface area contributed by atoms with Gasteiger partial charge in [-0.3, -0.25) is 4.79 Å². The van der Waals surface area contributed by atoms with Gasteiger partial charge in [0.1, 0.15) is 5.82 Å². The number of carbonyl (C=O) groups excluding carboxylic acids is 1. The van der Waals surface area contributed by atoms with Crippen LogP contribution in [0.5, 0.6) is 0 Å². The number of likely N-dealkylation sites (tertiary alicyclic amines) is 1. The Morgan fingerprint density at radius 3 is 2.65 bits per heavy atom. The number of nitrogens with one attached hydrogen (secondary N) is 1. The lowest BCUT2D eigenvalue weighted by atomic mass is 9.94. The molecular weight excluding hydrogens is 368 g/mol. The first-order valence-electron chi connectivity index (χ1n) is 8.95. The minimum atomic E-state index is 0. The predicted octanol–water partition coefficient (Wildman–Crippen LogP) is 3.67. The molecule has 26 heavy (non-hydrogen) atoms. The van der Waals surface area contributed by atoms with Crippen LogP contribution in [0.1, 0.15) is 53.9 Å². The molecule has 0 aromatic carbocycles. The Kier molecular flexibility index (Phi) is 7.55. The van der Waals surface area contributed by atoms with E-state index in [9.17, 15) is 4.79 Å². The number of piperidine rings is 1. The van der Waals surface area contributed by atoms with Gasteiger partial charge in [0.2, 0.25) is 5.91 Å². The molecule has 1 aliphatic heterocycles. The maximum atomic E-state index is 12.2. The van der Waals surface area contributed by atoms with Crippen LogP contribution in [0, 0.1) is 6.92 Å². The smallest absolute Gasteiger partial charge is 0.220 e. The molecule has 3 heterocycles. The number of amides is 1. The highest BCUT2D eigenvalue weighted by Gasteiger charge is 2.34. The van der Waals surface area contributed by atoms with Crippen LogP contribution in [0.4, 0.5) is 0 Å². The molecule has 1 fully saturated rings. The van der Waals surface area contributed by atoms with Gasteiger partial charge in [-0.1, -0.05) is 6.92 Å². The van der Waals surface area contributed by atoms with E-state index in [1.165, 1.54) is 9.75 Å². The van der Waals surface area contributed by atoms with Crippen molar-refractivity contribution in [3.63, 3.8) is 0 Å². The first kappa shape index (κ1) is 20.8. The zero-order chi connectivity index (χ0) is 17.8. The fraction of sp³-hybridized carbons (Fsp3) is 0.526. The Labute approximate surface area is 165 Å². The summed E-state index contributed by atoms with van der Waals surface area (Å²) in [5, 5.41) is 3.65. The second-order valence-corrected chi connectivity index (χ2v) is 7.92. The SMILES string of the molecule is CCc1ncc(CN[C@@H]2CCCN(C(C)=O)[C@H]2c2ccc(C)s2)cn1.Cl. The Morgan fingerprint density at radius 1 is 1.35 bits per heavy atom. The van der Waals surface area contributed by atoms with E-state index in [1.807, 2.05) is 17.3 Å². The van der Waals surface area contributed by atoms with Crippen LogP contribution in [0.2, 0.25) is 0 Å². The molecule has 2 aromatic rings. The molecule has 0 aliphatic carbocycles. The number of thiophene rings is 1. The molecule has 1 saturated heterocycles. The summed E-state index contributed by atoms with van der Waals surface area (Å²) in [5.74, 6) is 1.02. The van der Waals surface area contributed by atoms with Gasteiger partial charge < -0.3 is 10.2 Å². The molecular formula is C19H27ClN4OS. The Hall–Kier alpha value is -1.50. The summed E-state index contributed by atoms with van der Waals surface area (Å²) >= 11 is 1.79. The van der Waals surface area contributed by atoms with E-state index < -0.39 is 0 Å². The van der Waals surface area contributed by atoms with Crippen molar-refractivity contribution in [3.05, 3.63) is 45.7 Å². The zero-order valence-electron chi connectivity index (χ0n) is 15.6. The second-order valence-electron chi connectivity index (χ2n) is 6.60. The molecule has 1 aliphatic rings. The van der Waals surface area contributed by atoms with Gasteiger partial charge in [-0.2, -0.15) is 0 Å². The van der Waals surface area contributed by atoms with Gasteiger partial charge in [0, 0.05) is 60.2 Å². The van der Waals surface area contributed by atoms with Crippen molar-refractivity contribution in [2.45, 2.75) is 58.7 Å². The lowest BCUT2D eigenvalue weighted by Crippen LogP contribution is -2.49. The third-order valence-electron chi connectivity index (χ3n) is 4.73. The zero-order valence-corrected chi connectivity index (χ0v) is 17.2. The van der Waals surface area contributed by atoms with E-state index >= 15 is 0 Å². The fourth-order valence-corrected chi connectivity index (χ4v) is 4.49. The van der Waals surface area contributed by atoms with Crippen LogP contribution >= 0.6 is 23.7 Å². The number of hydrogen-bond donors (Lipinski definition) is 1. The number of hydrogen-bond acceptors (Lipinski definition) is 5. The standard InChI is InChI=1S/C19H26N4OS.ClH/c1-4-18-21-11-15(12-22-18)10-20-16-6-5-9-23(14(3)24)19(16)17-8-7-13(2)25-17;/h7-8,11-12,16,19-20H,4-6,9-10H2,1-3H3;1H/t16-,19-;/m1./s1. The summed E-state index contributed by atoms with van der Waals surface area (Å²) < 4.78 is 0. The van der Waals surface area contributed by atoms with E-state index in [0.717, 1.165) is 43.7 Å². The molecule has 142 valence electrons. The molecule has 1 amide bonds. The summed E-state index contributed by atoms with van der Waals surface area (Å²) in [4.78, 5) is 25.5. The highest BCUT2D eigenvalue weighted by molar-refractivity contribution is 7.12. The Morgan fingerprint density at radius 2 is 2.08 bits per heavy atom. The van der Waals surface area contributed by atoms with Gasteiger partial charge in [-0.05, 0) is 31.9 Å². The number of aromatic nitrogens is 2. The van der Waals surface area contributed by atoms with Gasteiger partial charge in [-0.25, -0.2) is 9.97 Å². The van der Waals surface area contributed by atoms with Crippen molar-refractivity contribution in [2.24, 2.45) is 0 Å². The Balaban J connectivity index is 0.00000243. The number of rotatable bonds is 5. The molecule has 0 bridgehead atoms. The van der Waals surface area contributed by atoms with Crippen LogP contribution in [-0.4, -0.2) is 33.4 Å². The topological polar surface area (TPSA) is 58.1 Å². The lowest BCUT2D eigenvalue weighted by Gasteiger charge is -2.41. The molecule has 5 nitrogen and oxygen atoms in total. The lowest BCUT2D eigenvalue weighted by molar-refractivity contribution is -0.133. The maximum absolute atomic E-state index is 12.2. The van der Waals surface area contributed by atoms with Gasteiger partial charge >= 0.3 is 0 Å². The fourth-order valence-electron chi connectivity index (χ4n) is 3.43. The van der Waals surface area contributed by atoms with Gasteiger partial charge in [0.25, 0.3) is 0 Å². The molecule has 7 heteroatoms. The first-order valence-corrected chi connectivity index (χ1v) is 9.77. The number of halogens is 1. The Bertz CT molecular complexity index is 719. The molecule has 3 rings (SSSR count). The monoisotopic (exact) mass is 394 g/mol. The van der Waals surface area contributed by atoms with Crippen LogP contribution in [0.3, 0.4) is 0 Å². The second kappa shape index (κ2) is 9.44. The summed E-state index contributed by atoms with van der Waals surface area (Å²) in [6.45, 7) is 7.40. The first-order chi connectivity index (χ1) is 12.1. The third kappa shape index (κ3) is 4.81. The molecule has 2 atom stereocenters. The van der Waals surface area contributed by atoms with Gasteiger partial charge in [0.15, 0.2) is 0 Å². The molecule has 0 radical (unpaired) electrons. The van der Waals surface area contributed by atoms with Crippen LogP contribution in [0.25, 0.3) is 0 Å². The molecule has 0 spiro atoms. The van der Waals surface area contributed by atoms with E-state index in [-0.39, 0.29) is 30.4 Å². The quantitative estimate of drug-likeness (QED) is 0.840. The van der Waals surface area contributed by atoms with Crippen molar-refractivity contribution in [1.29, 1.82) is 0 Å². The minimum absolute atomic E-state index is 0. The average Bonchev–Trinajstić information content (AvgIpc) is 3.06. The summed E-state index contributed by atoms with van der Waals surface area (Å²) in [6, 6.07) is 4.67. The largest absolute Gasteiger partial charge is 0.334 e. The van der Waals surface area contributed by atoms with Gasteiger partial charge in [-0.15, -0.1) is 23.7 Å².